The molecule has 2 aliphatic heterocycles. The zero-order chi connectivity index (χ0) is 33.3. The zero-order valence-electron chi connectivity index (χ0n) is 24.9. The minimum absolute atomic E-state index is 0.000973. The van der Waals surface area contributed by atoms with Crippen molar-refractivity contribution in [3.8, 4) is 0 Å². The normalized spacial score (nSPS) is 20.7. The highest BCUT2D eigenvalue weighted by Gasteiger charge is 2.56. The molecule has 3 atom stereocenters. The largest absolute Gasteiger partial charge is 0.416 e. The van der Waals surface area contributed by atoms with Crippen LogP contribution in [0.4, 0.5) is 31.1 Å². The van der Waals surface area contributed by atoms with Gasteiger partial charge in [-0.2, -0.15) is 26.3 Å². The molecule has 45 heavy (non-hydrogen) atoms. The molecule has 2 saturated heterocycles. The number of carbonyl (C=O) groups is 2. The predicted molar refractivity (Wildman–Crippen MR) is 151 cm³/mol. The van der Waals surface area contributed by atoms with Crippen molar-refractivity contribution in [2.24, 2.45) is 5.41 Å². The highest BCUT2D eigenvalue weighted by atomic mass is 19.4. The molecule has 8 nitrogen and oxygen atoms in total. The molecule has 3 amide bonds. The molecule has 0 aliphatic carbocycles. The average Bonchev–Trinajstić information content (AvgIpc) is 3.25. The minimum atomic E-state index is -5.10. The standard InChI is InChI=1S/C31H37F6N3O5/c1-19-5-3-4-6-23(19)26-25-18-29(8-13-42,9-14-43)27(44)39(25)10-11-40(26)28(45)38(2)24(7-12-41)20-15-21(30(32,33)34)17-22(16-20)31(35,36)37/h3-6,15-17,24-26,41-43H,7-14,18H2,1-2H3. The van der Waals surface area contributed by atoms with Crippen LogP contribution < -0.4 is 0 Å². The second kappa shape index (κ2) is 13.2. The number of nitrogens with zero attached hydrogens (tertiary/aromatic N) is 3. The SMILES string of the molecule is Cc1ccccc1C1C2CC(CCO)(CCO)C(=O)N2CCN1C(=O)N(C)C(CCO)c1cc(C(F)(F)F)cc(C(F)(F)F)c1. The van der Waals surface area contributed by atoms with Crippen molar-refractivity contribution in [3.05, 3.63) is 70.3 Å². The Balaban J connectivity index is 1.78. The van der Waals surface area contributed by atoms with Gasteiger partial charge in [-0.05, 0) is 67.5 Å². The molecule has 14 heteroatoms. The number of rotatable bonds is 9. The van der Waals surface area contributed by atoms with Gasteiger partial charge in [0.2, 0.25) is 5.91 Å². The van der Waals surface area contributed by atoms with Crippen molar-refractivity contribution in [2.45, 2.75) is 63.1 Å². The van der Waals surface area contributed by atoms with E-state index in [0.29, 0.717) is 17.7 Å². The molecule has 2 aromatic rings. The monoisotopic (exact) mass is 645 g/mol. The first-order chi connectivity index (χ1) is 21.1. The molecule has 3 N–H and O–H groups in total. The lowest BCUT2D eigenvalue weighted by molar-refractivity contribution is -0.143. The van der Waals surface area contributed by atoms with Gasteiger partial charge in [-0.3, -0.25) is 4.79 Å². The molecular weight excluding hydrogens is 608 g/mol. The number of amides is 3. The van der Waals surface area contributed by atoms with Crippen LogP contribution in [0.1, 0.15) is 65.6 Å². The van der Waals surface area contributed by atoms with E-state index in [1.165, 1.54) is 11.9 Å². The van der Waals surface area contributed by atoms with Crippen molar-refractivity contribution < 1.29 is 51.3 Å². The number of halogens is 6. The first-order valence-corrected chi connectivity index (χ1v) is 14.6. The van der Waals surface area contributed by atoms with E-state index < -0.39 is 65.2 Å². The van der Waals surface area contributed by atoms with Crippen LogP contribution >= 0.6 is 0 Å². The number of fused-ring (bicyclic) bond motifs is 1. The van der Waals surface area contributed by atoms with E-state index in [4.69, 9.17) is 0 Å². The summed E-state index contributed by atoms with van der Waals surface area (Å²) in [6.45, 7) is 0.690. The van der Waals surface area contributed by atoms with E-state index in [2.05, 4.69) is 0 Å². The number of aliphatic hydroxyl groups is 3. The van der Waals surface area contributed by atoms with Gasteiger partial charge in [-0.25, -0.2) is 4.79 Å². The van der Waals surface area contributed by atoms with Gasteiger partial charge in [0.25, 0.3) is 0 Å². The Kier molecular flexibility index (Phi) is 10.1. The quantitative estimate of drug-likeness (QED) is 0.336. The third kappa shape index (κ3) is 6.77. The van der Waals surface area contributed by atoms with Crippen LogP contribution in [0.3, 0.4) is 0 Å². The van der Waals surface area contributed by atoms with Crippen LogP contribution in [-0.4, -0.2) is 88.0 Å². The van der Waals surface area contributed by atoms with Crippen LogP contribution in [0.15, 0.2) is 42.5 Å². The Labute approximate surface area is 256 Å². The molecule has 0 bridgehead atoms. The molecule has 0 radical (unpaired) electrons. The van der Waals surface area contributed by atoms with E-state index in [1.54, 1.807) is 23.1 Å². The molecule has 2 heterocycles. The van der Waals surface area contributed by atoms with Crippen LogP contribution in [-0.2, 0) is 17.1 Å². The van der Waals surface area contributed by atoms with Crippen molar-refractivity contribution in [2.75, 3.05) is 40.0 Å². The number of piperazine rings is 1. The molecule has 4 rings (SSSR count). The highest BCUT2D eigenvalue weighted by Crippen LogP contribution is 2.49. The number of hydrogen-bond donors (Lipinski definition) is 3. The smallest absolute Gasteiger partial charge is 0.396 e. The summed E-state index contributed by atoms with van der Waals surface area (Å²) in [5.74, 6) is -0.253. The molecule has 0 aromatic heterocycles. The van der Waals surface area contributed by atoms with Crippen molar-refractivity contribution in [1.29, 1.82) is 0 Å². The van der Waals surface area contributed by atoms with Crippen LogP contribution in [0.5, 0.6) is 0 Å². The van der Waals surface area contributed by atoms with Crippen molar-refractivity contribution in [3.63, 3.8) is 0 Å². The number of carbonyl (C=O) groups excluding carboxylic acids is 2. The number of benzene rings is 2. The average molecular weight is 646 g/mol. The zero-order valence-corrected chi connectivity index (χ0v) is 24.9. The van der Waals surface area contributed by atoms with Gasteiger partial charge < -0.3 is 30.0 Å². The summed E-state index contributed by atoms with van der Waals surface area (Å²) in [6, 6.07) is 4.91. The lowest BCUT2D eigenvalue weighted by atomic mass is 9.77. The van der Waals surface area contributed by atoms with Crippen LogP contribution in [0.25, 0.3) is 0 Å². The molecular formula is C31H37F6N3O5. The fourth-order valence-electron chi connectivity index (χ4n) is 6.86. The molecule has 0 saturated carbocycles. The Hall–Kier alpha value is -3.36. The number of urea groups is 1. The highest BCUT2D eigenvalue weighted by molar-refractivity contribution is 5.86. The van der Waals surface area contributed by atoms with Crippen LogP contribution in [0, 0.1) is 12.3 Å². The number of hydrogen-bond acceptors (Lipinski definition) is 5. The van der Waals surface area contributed by atoms with Gasteiger partial charge in [-0.15, -0.1) is 0 Å². The number of alkyl halides is 6. The summed E-state index contributed by atoms with van der Waals surface area (Å²) in [4.78, 5) is 32.1. The first-order valence-electron chi connectivity index (χ1n) is 14.6. The topological polar surface area (TPSA) is 105 Å². The van der Waals surface area contributed by atoms with Gasteiger partial charge in [0.15, 0.2) is 0 Å². The summed E-state index contributed by atoms with van der Waals surface area (Å²) in [6.07, 6.45) is -10.1. The van der Waals surface area contributed by atoms with Crippen molar-refractivity contribution in [1.82, 2.24) is 14.7 Å². The summed E-state index contributed by atoms with van der Waals surface area (Å²) in [5, 5.41) is 29.4. The van der Waals surface area contributed by atoms with E-state index in [1.807, 2.05) is 13.0 Å². The van der Waals surface area contributed by atoms with Crippen molar-refractivity contribution >= 4 is 11.9 Å². The van der Waals surface area contributed by atoms with Gasteiger partial charge in [0, 0.05) is 40.0 Å². The maximum atomic E-state index is 14.3. The van der Waals surface area contributed by atoms with Gasteiger partial charge >= 0.3 is 18.4 Å². The fourth-order valence-corrected chi connectivity index (χ4v) is 6.86. The Morgan fingerprint density at radius 2 is 1.53 bits per heavy atom. The summed E-state index contributed by atoms with van der Waals surface area (Å²) in [5.41, 5.74) is -3.08. The van der Waals surface area contributed by atoms with Gasteiger partial charge in [0.05, 0.1) is 34.7 Å². The fraction of sp³-hybridized carbons (Fsp3) is 0.548. The van der Waals surface area contributed by atoms with Gasteiger partial charge in [0.1, 0.15) is 0 Å². The van der Waals surface area contributed by atoms with E-state index in [9.17, 15) is 51.3 Å². The summed E-state index contributed by atoms with van der Waals surface area (Å²) < 4.78 is 82.0. The Morgan fingerprint density at radius 1 is 0.956 bits per heavy atom. The second-order valence-corrected chi connectivity index (χ2v) is 11.8. The predicted octanol–water partition coefficient (Wildman–Crippen LogP) is 4.92. The van der Waals surface area contributed by atoms with E-state index in [-0.39, 0.29) is 64.0 Å². The third-order valence-electron chi connectivity index (χ3n) is 9.10. The minimum Gasteiger partial charge on any atom is -0.396 e. The molecule has 0 spiro atoms. The Morgan fingerprint density at radius 3 is 2.04 bits per heavy atom. The maximum absolute atomic E-state index is 14.3. The number of aryl methyl sites for hydroxylation is 1. The summed E-state index contributed by atoms with van der Waals surface area (Å²) in [7, 11) is 1.26. The molecule has 3 unspecified atom stereocenters. The second-order valence-electron chi connectivity index (χ2n) is 11.8. The number of aliphatic hydroxyl groups excluding tert-OH is 3. The Bertz CT molecular complexity index is 1350. The maximum Gasteiger partial charge on any atom is 0.416 e. The van der Waals surface area contributed by atoms with E-state index >= 15 is 0 Å². The molecule has 248 valence electrons. The lowest BCUT2D eigenvalue weighted by Crippen LogP contribution is -2.57. The molecule has 2 fully saturated rings. The van der Waals surface area contributed by atoms with Crippen LogP contribution in [0.2, 0.25) is 0 Å². The van der Waals surface area contributed by atoms with E-state index in [0.717, 1.165) is 10.5 Å². The summed E-state index contributed by atoms with van der Waals surface area (Å²) >= 11 is 0. The van der Waals surface area contributed by atoms with Gasteiger partial charge in [-0.1, -0.05) is 24.3 Å². The molecule has 2 aliphatic rings. The molecule has 2 aromatic carbocycles. The lowest BCUT2D eigenvalue weighted by Gasteiger charge is -2.47. The first kappa shape index (κ1) is 34.5. The third-order valence-corrected chi connectivity index (χ3v) is 9.10.